The number of hydrogen-bond donors (Lipinski definition) is 0. The Morgan fingerprint density at radius 3 is 2.41 bits per heavy atom. The highest BCUT2D eigenvalue weighted by Gasteiger charge is 1.99. The normalized spacial score (nSPS) is 8.88. The molecule has 2 aromatic rings. The van der Waals surface area contributed by atoms with Crippen LogP contribution in [0.1, 0.15) is 15.9 Å². The van der Waals surface area contributed by atoms with Crippen molar-refractivity contribution in [3.63, 3.8) is 0 Å². The van der Waals surface area contributed by atoms with E-state index in [9.17, 15) is 4.79 Å². The van der Waals surface area contributed by atoms with E-state index < -0.39 is 0 Å². The van der Waals surface area contributed by atoms with E-state index in [1.54, 1.807) is 24.4 Å². The van der Waals surface area contributed by atoms with Crippen LogP contribution in [0.5, 0.6) is 0 Å². The molecule has 4 heteroatoms. The second-order valence-corrected chi connectivity index (χ2v) is 3.31. The number of benzene rings is 1. The summed E-state index contributed by atoms with van der Waals surface area (Å²) in [6.07, 6.45) is 4.01. The molecule has 0 amide bonds. The molecule has 0 aliphatic heterocycles. The van der Waals surface area contributed by atoms with Gasteiger partial charge in [0.25, 0.3) is 0 Å². The fourth-order valence-corrected chi connectivity index (χ4v) is 1.41. The fourth-order valence-electron chi connectivity index (χ4n) is 1.41. The van der Waals surface area contributed by atoms with Gasteiger partial charge in [-0.15, -0.1) is 0 Å². The predicted molar refractivity (Wildman–Crippen MR) is 63.4 cm³/mol. The van der Waals surface area contributed by atoms with Crippen LogP contribution in [0.4, 0.5) is 0 Å². The Balaban J connectivity index is 0.00000144. The summed E-state index contributed by atoms with van der Waals surface area (Å²) >= 11 is 0. The maximum absolute atomic E-state index is 10.5. The van der Waals surface area contributed by atoms with Crippen LogP contribution >= 0.6 is 0 Å². The van der Waals surface area contributed by atoms with Crippen LogP contribution in [0.2, 0.25) is 0 Å². The molecule has 84 valence electrons. The molecule has 0 fully saturated rings. The third-order valence-electron chi connectivity index (χ3n) is 2.25. The highest BCUT2D eigenvalue weighted by atomic mass is 16.1. The zero-order valence-electron chi connectivity index (χ0n) is 8.92. The number of hydrogen-bond acceptors (Lipinski definition) is 3. The number of nitrogens with zero attached hydrogens (tertiary/aromatic N) is 2. The largest absolute Gasteiger partial charge is 0.412 e. The van der Waals surface area contributed by atoms with Gasteiger partial charge in [0.2, 0.25) is 0 Å². The lowest BCUT2D eigenvalue weighted by atomic mass is 10.0. The number of rotatable bonds is 2. The van der Waals surface area contributed by atoms with E-state index in [0.29, 0.717) is 11.1 Å². The van der Waals surface area contributed by atoms with E-state index >= 15 is 0 Å². The van der Waals surface area contributed by atoms with E-state index in [4.69, 9.17) is 5.26 Å². The van der Waals surface area contributed by atoms with E-state index in [2.05, 4.69) is 4.98 Å². The molecule has 4 nitrogen and oxygen atoms in total. The van der Waals surface area contributed by atoms with Gasteiger partial charge in [0, 0.05) is 23.5 Å². The quantitative estimate of drug-likeness (QED) is 0.729. The lowest BCUT2D eigenvalue weighted by Crippen LogP contribution is -1.84. The smallest absolute Gasteiger partial charge is 0.150 e. The molecule has 2 rings (SSSR count). The SMILES string of the molecule is N#Cc1cncc(-c2ccc(C=O)cc2)c1.O. The Labute approximate surface area is 98.5 Å². The lowest BCUT2D eigenvalue weighted by molar-refractivity contribution is 0.112. The third kappa shape index (κ3) is 2.74. The first kappa shape index (κ1) is 12.6. The van der Waals surface area contributed by atoms with Crippen molar-refractivity contribution in [3.8, 4) is 17.2 Å². The maximum atomic E-state index is 10.5. The molecule has 1 aromatic carbocycles. The van der Waals surface area contributed by atoms with Gasteiger partial charge in [-0.3, -0.25) is 9.78 Å². The Morgan fingerprint density at radius 2 is 1.82 bits per heavy atom. The summed E-state index contributed by atoms with van der Waals surface area (Å²) in [4.78, 5) is 14.5. The summed E-state index contributed by atoms with van der Waals surface area (Å²) in [5.74, 6) is 0. The molecule has 2 N–H and O–H groups in total. The van der Waals surface area contributed by atoms with Crippen molar-refractivity contribution in [1.29, 1.82) is 5.26 Å². The van der Waals surface area contributed by atoms with Gasteiger partial charge < -0.3 is 5.48 Å². The number of aldehydes is 1. The molecule has 0 saturated carbocycles. The molecule has 0 atom stereocenters. The van der Waals surface area contributed by atoms with E-state index in [1.165, 1.54) is 6.20 Å². The molecule has 0 spiro atoms. The zero-order valence-corrected chi connectivity index (χ0v) is 8.92. The standard InChI is InChI=1S/C13H8N2O.H2O/c14-6-11-5-13(8-15-7-11)12-3-1-10(9-16)2-4-12;/h1-5,7-9H;1H2. The van der Waals surface area contributed by atoms with Crippen LogP contribution in [0, 0.1) is 11.3 Å². The Hall–Kier alpha value is -2.51. The number of carbonyl (C=O) groups is 1. The summed E-state index contributed by atoms with van der Waals surface area (Å²) in [6, 6.07) is 11.0. The fraction of sp³-hybridized carbons (Fsp3) is 0. The molecule has 0 saturated heterocycles. The minimum atomic E-state index is 0. The Bertz CT molecular complexity index is 556. The first-order valence-corrected chi connectivity index (χ1v) is 4.74. The van der Waals surface area contributed by atoms with Crippen LogP contribution in [-0.2, 0) is 0 Å². The topological polar surface area (TPSA) is 85.2 Å². The van der Waals surface area contributed by atoms with Gasteiger partial charge in [-0.2, -0.15) is 5.26 Å². The van der Waals surface area contributed by atoms with Crippen LogP contribution in [0.25, 0.3) is 11.1 Å². The van der Waals surface area contributed by atoms with Crippen LogP contribution in [0.15, 0.2) is 42.7 Å². The number of aromatic nitrogens is 1. The lowest BCUT2D eigenvalue weighted by Gasteiger charge is -2.01. The minimum absolute atomic E-state index is 0. The first-order valence-electron chi connectivity index (χ1n) is 4.74. The number of nitriles is 1. The van der Waals surface area contributed by atoms with Gasteiger partial charge in [0.15, 0.2) is 0 Å². The van der Waals surface area contributed by atoms with Crippen molar-refractivity contribution < 1.29 is 10.3 Å². The molecule has 0 radical (unpaired) electrons. The first-order chi connectivity index (χ1) is 7.83. The second-order valence-electron chi connectivity index (χ2n) is 3.31. The summed E-state index contributed by atoms with van der Waals surface area (Å²) in [5, 5.41) is 8.75. The van der Waals surface area contributed by atoms with Crippen molar-refractivity contribution in [1.82, 2.24) is 4.98 Å². The van der Waals surface area contributed by atoms with Crippen LogP contribution in [0.3, 0.4) is 0 Å². The molecule has 1 heterocycles. The molecule has 1 aromatic heterocycles. The van der Waals surface area contributed by atoms with Crippen LogP contribution < -0.4 is 0 Å². The van der Waals surface area contributed by atoms with Crippen molar-refractivity contribution >= 4 is 6.29 Å². The Morgan fingerprint density at radius 1 is 1.12 bits per heavy atom. The molecule has 0 unspecified atom stereocenters. The van der Waals surface area contributed by atoms with Crippen molar-refractivity contribution in [2.45, 2.75) is 0 Å². The molecule has 0 bridgehead atoms. The van der Waals surface area contributed by atoms with Gasteiger partial charge >= 0.3 is 0 Å². The van der Waals surface area contributed by atoms with Gasteiger partial charge in [0.05, 0.1) is 5.56 Å². The summed E-state index contributed by atoms with van der Waals surface area (Å²) in [7, 11) is 0. The Kier molecular flexibility index (Phi) is 4.09. The van der Waals surface area contributed by atoms with E-state index in [0.717, 1.165) is 17.4 Å². The molecule has 17 heavy (non-hydrogen) atoms. The number of pyridine rings is 1. The van der Waals surface area contributed by atoms with E-state index in [-0.39, 0.29) is 5.48 Å². The van der Waals surface area contributed by atoms with Crippen molar-refractivity contribution in [3.05, 3.63) is 53.9 Å². The van der Waals surface area contributed by atoms with Crippen molar-refractivity contribution in [2.24, 2.45) is 0 Å². The molecular formula is C13H10N2O2. The van der Waals surface area contributed by atoms with Crippen LogP contribution in [-0.4, -0.2) is 16.7 Å². The predicted octanol–water partition coefficient (Wildman–Crippen LogP) is 1.61. The summed E-state index contributed by atoms with van der Waals surface area (Å²) < 4.78 is 0. The highest BCUT2D eigenvalue weighted by molar-refractivity contribution is 5.76. The average molecular weight is 226 g/mol. The minimum Gasteiger partial charge on any atom is -0.412 e. The molecule has 0 aliphatic carbocycles. The summed E-state index contributed by atoms with van der Waals surface area (Å²) in [5.41, 5.74) is 2.97. The van der Waals surface area contributed by atoms with Gasteiger partial charge in [-0.1, -0.05) is 24.3 Å². The maximum Gasteiger partial charge on any atom is 0.150 e. The highest BCUT2D eigenvalue weighted by Crippen LogP contribution is 2.19. The zero-order chi connectivity index (χ0) is 11.4. The summed E-state index contributed by atoms with van der Waals surface area (Å²) in [6.45, 7) is 0. The molecular weight excluding hydrogens is 216 g/mol. The van der Waals surface area contributed by atoms with Crippen molar-refractivity contribution in [2.75, 3.05) is 0 Å². The monoisotopic (exact) mass is 226 g/mol. The number of carbonyl (C=O) groups excluding carboxylic acids is 1. The van der Waals surface area contributed by atoms with Gasteiger partial charge in [0.1, 0.15) is 12.4 Å². The molecule has 0 aliphatic rings. The third-order valence-corrected chi connectivity index (χ3v) is 2.25. The van der Waals surface area contributed by atoms with E-state index in [1.807, 2.05) is 18.2 Å². The van der Waals surface area contributed by atoms with Gasteiger partial charge in [-0.05, 0) is 11.6 Å². The van der Waals surface area contributed by atoms with Gasteiger partial charge in [-0.25, -0.2) is 0 Å². The second kappa shape index (κ2) is 5.54. The average Bonchev–Trinajstić information content (AvgIpc) is 2.39.